The number of sulfonamides is 1. The van der Waals surface area contributed by atoms with Crippen LogP contribution in [0.1, 0.15) is 5.82 Å². The third-order valence-corrected chi connectivity index (χ3v) is 7.33. The van der Waals surface area contributed by atoms with Crippen molar-refractivity contribution < 1.29 is 17.2 Å². The summed E-state index contributed by atoms with van der Waals surface area (Å²) in [5.74, 6) is -1.87. The molecule has 1 aliphatic heterocycles. The Kier molecular flexibility index (Phi) is 6.01. The van der Waals surface area contributed by atoms with Crippen molar-refractivity contribution in [3.63, 3.8) is 0 Å². The number of para-hydroxylation sites is 1. The molecule has 166 valence electrons. The molecule has 0 atom stereocenters. The molecule has 1 fully saturated rings. The summed E-state index contributed by atoms with van der Waals surface area (Å²) in [4.78, 5) is 18.2. The summed E-state index contributed by atoms with van der Waals surface area (Å²) in [6.45, 7) is 0.643. The second kappa shape index (κ2) is 8.74. The molecule has 1 saturated heterocycles. The van der Waals surface area contributed by atoms with Gasteiger partial charge in [0.25, 0.3) is 5.56 Å². The Balaban J connectivity index is 1.55. The quantitative estimate of drug-likeness (QED) is 0.576. The molecule has 11 heteroatoms. The highest BCUT2D eigenvalue weighted by Gasteiger charge is 2.33. The number of hydrogen-bond acceptors (Lipinski definition) is 6. The molecule has 8 nitrogen and oxygen atoms in total. The first kappa shape index (κ1) is 22.0. The number of halogens is 2. The topological polar surface area (TPSA) is 99.3 Å². The van der Waals surface area contributed by atoms with Crippen molar-refractivity contribution in [3.05, 3.63) is 70.3 Å². The van der Waals surface area contributed by atoms with Gasteiger partial charge in [0.1, 0.15) is 24.0 Å². The minimum absolute atomic E-state index is 0.0200. The van der Waals surface area contributed by atoms with Crippen LogP contribution in [-0.4, -0.2) is 53.4 Å². The fourth-order valence-corrected chi connectivity index (χ4v) is 5.29. The molecule has 0 radical (unpaired) electrons. The molecule has 32 heavy (non-hydrogen) atoms. The lowest BCUT2D eigenvalue weighted by Gasteiger charge is -2.34. The lowest BCUT2D eigenvalue weighted by Crippen LogP contribution is -2.49. The van der Waals surface area contributed by atoms with Crippen LogP contribution in [0.3, 0.4) is 0 Å². The zero-order chi connectivity index (χ0) is 22.9. The van der Waals surface area contributed by atoms with Crippen LogP contribution in [0.25, 0.3) is 10.9 Å². The van der Waals surface area contributed by atoms with Crippen molar-refractivity contribution in [1.29, 1.82) is 5.26 Å². The maximum absolute atomic E-state index is 14.0. The van der Waals surface area contributed by atoms with E-state index in [4.69, 9.17) is 5.26 Å². The van der Waals surface area contributed by atoms with E-state index < -0.39 is 26.6 Å². The first-order valence-corrected chi connectivity index (χ1v) is 11.3. The Labute approximate surface area is 183 Å². The Morgan fingerprint density at radius 1 is 1.00 bits per heavy atom. The maximum Gasteiger partial charge on any atom is 0.262 e. The van der Waals surface area contributed by atoms with Crippen LogP contribution in [0, 0.1) is 23.0 Å². The van der Waals surface area contributed by atoms with Gasteiger partial charge in [-0.05, 0) is 24.3 Å². The van der Waals surface area contributed by atoms with Gasteiger partial charge >= 0.3 is 0 Å². The maximum atomic E-state index is 14.0. The minimum atomic E-state index is -4.33. The lowest BCUT2D eigenvalue weighted by atomic mass is 10.2. The van der Waals surface area contributed by atoms with E-state index in [2.05, 4.69) is 4.98 Å². The van der Waals surface area contributed by atoms with Crippen molar-refractivity contribution in [3.8, 4) is 6.07 Å². The number of nitrogens with zero attached hydrogens (tertiary/aromatic N) is 5. The molecule has 0 saturated carbocycles. The summed E-state index contributed by atoms with van der Waals surface area (Å²) in [7, 11) is -4.33. The van der Waals surface area contributed by atoms with Gasteiger partial charge in [-0.15, -0.1) is 0 Å². The van der Waals surface area contributed by atoms with Crippen LogP contribution < -0.4 is 5.56 Å². The largest absolute Gasteiger partial charge is 0.293 e. The molecule has 2 heterocycles. The Hall–Kier alpha value is -3.20. The van der Waals surface area contributed by atoms with Crippen molar-refractivity contribution in [2.24, 2.45) is 0 Å². The second-order valence-electron chi connectivity index (χ2n) is 7.33. The Morgan fingerprint density at radius 3 is 2.31 bits per heavy atom. The third kappa shape index (κ3) is 4.00. The number of piperazine rings is 1. The SMILES string of the molecule is N#CCn1c(CN2CCN(S(=O)(=O)c3c(F)cccc3F)CC2)nc2ccccc2c1=O. The smallest absolute Gasteiger partial charge is 0.262 e. The zero-order valence-electron chi connectivity index (χ0n) is 16.9. The Morgan fingerprint density at radius 2 is 1.66 bits per heavy atom. The standard InChI is InChI=1S/C21H19F2N5O3S/c22-16-5-3-6-17(23)20(16)32(30,31)27-12-10-26(11-13-27)14-19-25-18-7-2-1-4-15(18)21(29)28(19)9-8-24/h1-7H,9-14H2. The second-order valence-corrected chi connectivity index (χ2v) is 9.20. The van der Waals surface area contributed by atoms with Gasteiger partial charge in [-0.25, -0.2) is 22.2 Å². The van der Waals surface area contributed by atoms with E-state index in [1.54, 1.807) is 24.3 Å². The monoisotopic (exact) mass is 459 g/mol. The number of rotatable bonds is 5. The fourth-order valence-electron chi connectivity index (χ4n) is 3.75. The molecule has 0 amide bonds. The highest BCUT2D eigenvalue weighted by molar-refractivity contribution is 7.89. The summed E-state index contributed by atoms with van der Waals surface area (Å²) < 4.78 is 55.9. The highest BCUT2D eigenvalue weighted by atomic mass is 32.2. The van der Waals surface area contributed by atoms with E-state index in [-0.39, 0.29) is 44.8 Å². The van der Waals surface area contributed by atoms with Gasteiger partial charge in [-0.3, -0.25) is 14.3 Å². The molecule has 3 aromatic rings. The normalized spacial score (nSPS) is 15.7. The molecule has 4 rings (SSSR count). The van der Waals surface area contributed by atoms with Crippen LogP contribution in [0.2, 0.25) is 0 Å². The summed E-state index contributed by atoms with van der Waals surface area (Å²) >= 11 is 0. The molecule has 0 spiro atoms. The summed E-state index contributed by atoms with van der Waals surface area (Å²) in [5.41, 5.74) is 0.196. The van der Waals surface area contributed by atoms with E-state index >= 15 is 0 Å². The van der Waals surface area contributed by atoms with Gasteiger partial charge in [0, 0.05) is 26.2 Å². The number of nitriles is 1. The molecular weight excluding hydrogens is 440 g/mol. The lowest BCUT2D eigenvalue weighted by molar-refractivity contribution is 0.175. The van der Waals surface area contributed by atoms with E-state index in [1.807, 2.05) is 11.0 Å². The summed E-state index contributed by atoms with van der Waals surface area (Å²) in [6.07, 6.45) is 0. The molecule has 2 aromatic carbocycles. The van der Waals surface area contributed by atoms with Gasteiger partial charge in [-0.1, -0.05) is 18.2 Å². The third-order valence-electron chi connectivity index (χ3n) is 5.38. The molecule has 1 aromatic heterocycles. The molecular formula is C21H19F2N5O3S. The highest BCUT2D eigenvalue weighted by Crippen LogP contribution is 2.24. The number of aromatic nitrogens is 2. The molecule has 0 unspecified atom stereocenters. The number of hydrogen-bond donors (Lipinski definition) is 0. The predicted molar refractivity (Wildman–Crippen MR) is 112 cm³/mol. The first-order valence-electron chi connectivity index (χ1n) is 9.85. The summed E-state index contributed by atoms with van der Waals surface area (Å²) in [6, 6.07) is 11.7. The minimum Gasteiger partial charge on any atom is -0.293 e. The van der Waals surface area contributed by atoms with Crippen LogP contribution in [-0.2, 0) is 23.1 Å². The van der Waals surface area contributed by atoms with Crippen LogP contribution >= 0.6 is 0 Å². The van der Waals surface area contributed by atoms with Gasteiger partial charge in [-0.2, -0.15) is 9.57 Å². The van der Waals surface area contributed by atoms with Crippen molar-refractivity contribution in [1.82, 2.24) is 18.8 Å². The van der Waals surface area contributed by atoms with Gasteiger partial charge in [0.15, 0.2) is 4.90 Å². The van der Waals surface area contributed by atoms with E-state index in [1.165, 1.54) is 4.57 Å². The predicted octanol–water partition coefficient (Wildman–Crippen LogP) is 1.70. The van der Waals surface area contributed by atoms with Crippen LogP contribution in [0.4, 0.5) is 8.78 Å². The van der Waals surface area contributed by atoms with Crippen molar-refractivity contribution in [2.45, 2.75) is 18.0 Å². The van der Waals surface area contributed by atoms with Gasteiger partial charge in [0.2, 0.25) is 10.0 Å². The average molecular weight is 459 g/mol. The van der Waals surface area contributed by atoms with Crippen LogP contribution in [0.15, 0.2) is 52.2 Å². The molecule has 0 aliphatic carbocycles. The van der Waals surface area contributed by atoms with Gasteiger partial charge in [0.05, 0.1) is 23.5 Å². The zero-order valence-corrected chi connectivity index (χ0v) is 17.7. The molecule has 0 bridgehead atoms. The molecule has 0 N–H and O–H groups in total. The summed E-state index contributed by atoms with van der Waals surface area (Å²) in [5, 5.41) is 9.55. The first-order chi connectivity index (χ1) is 15.3. The van der Waals surface area contributed by atoms with E-state index in [0.29, 0.717) is 16.7 Å². The van der Waals surface area contributed by atoms with Crippen molar-refractivity contribution >= 4 is 20.9 Å². The van der Waals surface area contributed by atoms with E-state index in [0.717, 1.165) is 22.5 Å². The van der Waals surface area contributed by atoms with Crippen LogP contribution in [0.5, 0.6) is 0 Å². The van der Waals surface area contributed by atoms with E-state index in [9.17, 15) is 22.0 Å². The number of fused-ring (bicyclic) bond motifs is 1. The fraction of sp³-hybridized carbons (Fsp3) is 0.286. The molecule has 1 aliphatic rings. The van der Waals surface area contributed by atoms with Crippen molar-refractivity contribution in [2.75, 3.05) is 26.2 Å². The van der Waals surface area contributed by atoms with Gasteiger partial charge < -0.3 is 0 Å². The average Bonchev–Trinajstić information content (AvgIpc) is 2.76. The number of benzene rings is 2. The Bertz CT molecular complexity index is 1360.